The van der Waals surface area contributed by atoms with Gasteiger partial charge in [-0.05, 0) is 37.2 Å². The molecule has 1 atom stereocenters. The molecule has 1 unspecified atom stereocenters. The fourth-order valence-corrected chi connectivity index (χ4v) is 2.99. The van der Waals surface area contributed by atoms with E-state index in [1.54, 1.807) is 11.8 Å². The molecular weight excluding hydrogens is 312 g/mol. The van der Waals surface area contributed by atoms with Gasteiger partial charge in [0.1, 0.15) is 0 Å². The van der Waals surface area contributed by atoms with E-state index in [9.17, 15) is 4.79 Å². The molecule has 1 aromatic rings. The number of nitrogens with one attached hydrogen (secondary N) is 2. The summed E-state index contributed by atoms with van der Waals surface area (Å²) in [5.74, 6) is 0.987. The molecule has 98 valence electrons. The van der Waals surface area contributed by atoms with Crippen molar-refractivity contribution in [2.45, 2.75) is 23.8 Å². The number of amides is 1. The van der Waals surface area contributed by atoms with Crippen LogP contribution in [0.1, 0.15) is 12.8 Å². The van der Waals surface area contributed by atoms with Crippen LogP contribution in [-0.4, -0.2) is 30.8 Å². The molecule has 0 saturated carbocycles. The third-order valence-electron chi connectivity index (χ3n) is 2.84. The molecule has 3 nitrogen and oxygen atoms in total. The number of benzene rings is 1. The van der Waals surface area contributed by atoms with E-state index in [1.165, 1.54) is 4.90 Å². The molecule has 0 spiro atoms. The number of carbonyl (C=O) groups is 1. The minimum absolute atomic E-state index is 0.160. The minimum Gasteiger partial charge on any atom is -0.352 e. The Morgan fingerprint density at radius 1 is 1.44 bits per heavy atom. The lowest BCUT2D eigenvalue weighted by Gasteiger charge is -2.10. The molecular formula is C13H17BrN2OS. The summed E-state index contributed by atoms with van der Waals surface area (Å²) in [6.07, 6.45) is 1.63. The quantitative estimate of drug-likeness (QED) is 0.815. The Morgan fingerprint density at radius 2 is 2.22 bits per heavy atom. The lowest BCUT2D eigenvalue weighted by molar-refractivity contribution is -0.121. The van der Waals surface area contributed by atoms with Crippen LogP contribution in [0.5, 0.6) is 0 Å². The third-order valence-corrected chi connectivity index (χ3v) is 4.38. The SMILES string of the molecule is O=C(CCSc1ccc(Br)cc1)NC1CCNC1. The zero-order chi connectivity index (χ0) is 12.8. The second kappa shape index (κ2) is 7.16. The van der Waals surface area contributed by atoms with E-state index >= 15 is 0 Å². The first-order chi connectivity index (χ1) is 8.74. The Balaban J connectivity index is 1.65. The van der Waals surface area contributed by atoms with Gasteiger partial charge in [0.2, 0.25) is 5.91 Å². The normalized spacial score (nSPS) is 18.8. The molecule has 1 saturated heterocycles. The van der Waals surface area contributed by atoms with Crippen molar-refractivity contribution >= 4 is 33.6 Å². The molecule has 0 bridgehead atoms. The Bertz CT molecular complexity index is 390. The highest BCUT2D eigenvalue weighted by molar-refractivity contribution is 9.10. The second-order valence-corrected chi connectivity index (χ2v) is 6.39. The Kier molecular flexibility index (Phi) is 5.53. The first-order valence-electron chi connectivity index (χ1n) is 6.12. The van der Waals surface area contributed by atoms with Crippen molar-refractivity contribution in [1.29, 1.82) is 0 Å². The molecule has 0 aromatic heterocycles. The summed E-state index contributed by atoms with van der Waals surface area (Å²) in [4.78, 5) is 12.9. The van der Waals surface area contributed by atoms with Crippen LogP contribution in [0.4, 0.5) is 0 Å². The summed E-state index contributed by atoms with van der Waals surface area (Å²) >= 11 is 5.12. The number of hydrogen-bond donors (Lipinski definition) is 2. The predicted octanol–water partition coefficient (Wildman–Crippen LogP) is 2.41. The van der Waals surface area contributed by atoms with Crippen LogP contribution in [0, 0.1) is 0 Å². The molecule has 1 aromatic carbocycles. The molecule has 2 rings (SSSR count). The van der Waals surface area contributed by atoms with E-state index in [0.29, 0.717) is 12.5 Å². The van der Waals surface area contributed by atoms with Crippen LogP contribution in [0.25, 0.3) is 0 Å². The maximum atomic E-state index is 11.7. The zero-order valence-corrected chi connectivity index (χ0v) is 12.5. The lowest BCUT2D eigenvalue weighted by Crippen LogP contribution is -2.36. The van der Waals surface area contributed by atoms with Gasteiger partial charge in [0.25, 0.3) is 0 Å². The van der Waals surface area contributed by atoms with E-state index in [4.69, 9.17) is 0 Å². The van der Waals surface area contributed by atoms with Crippen LogP contribution >= 0.6 is 27.7 Å². The fourth-order valence-electron chi connectivity index (χ4n) is 1.87. The summed E-state index contributed by atoms with van der Waals surface area (Å²) in [5, 5.41) is 6.29. The van der Waals surface area contributed by atoms with Gasteiger partial charge in [0.05, 0.1) is 0 Å². The predicted molar refractivity (Wildman–Crippen MR) is 78.9 cm³/mol. The molecule has 18 heavy (non-hydrogen) atoms. The van der Waals surface area contributed by atoms with Crippen molar-refractivity contribution in [1.82, 2.24) is 10.6 Å². The first kappa shape index (κ1) is 13.9. The van der Waals surface area contributed by atoms with Crippen LogP contribution in [0.15, 0.2) is 33.6 Å². The van der Waals surface area contributed by atoms with Crippen LogP contribution < -0.4 is 10.6 Å². The molecule has 0 aliphatic carbocycles. The molecule has 1 aliphatic rings. The van der Waals surface area contributed by atoms with Crippen molar-refractivity contribution in [2.24, 2.45) is 0 Å². The van der Waals surface area contributed by atoms with Crippen LogP contribution in [0.2, 0.25) is 0 Å². The molecule has 5 heteroatoms. The second-order valence-electron chi connectivity index (χ2n) is 4.31. The van der Waals surface area contributed by atoms with E-state index in [0.717, 1.165) is 29.7 Å². The number of hydrogen-bond acceptors (Lipinski definition) is 3. The van der Waals surface area contributed by atoms with E-state index in [2.05, 4.69) is 38.7 Å². The van der Waals surface area contributed by atoms with Gasteiger partial charge in [-0.3, -0.25) is 4.79 Å². The molecule has 1 heterocycles. The van der Waals surface area contributed by atoms with E-state index in [-0.39, 0.29) is 5.91 Å². The van der Waals surface area contributed by atoms with Gasteiger partial charge in [-0.1, -0.05) is 15.9 Å². The van der Waals surface area contributed by atoms with Gasteiger partial charge >= 0.3 is 0 Å². The number of halogens is 1. The maximum Gasteiger partial charge on any atom is 0.221 e. The summed E-state index contributed by atoms with van der Waals surface area (Å²) in [6, 6.07) is 8.50. The standard InChI is InChI=1S/C13H17BrN2OS/c14-10-1-3-12(4-2-10)18-8-6-13(17)16-11-5-7-15-9-11/h1-4,11,15H,5-9H2,(H,16,17). The smallest absolute Gasteiger partial charge is 0.221 e. The number of rotatable bonds is 5. The maximum absolute atomic E-state index is 11.7. The Hall–Kier alpha value is -0.520. The molecule has 1 aliphatic heterocycles. The summed E-state index contributed by atoms with van der Waals surface area (Å²) in [6.45, 7) is 1.92. The van der Waals surface area contributed by atoms with E-state index in [1.807, 2.05) is 12.1 Å². The van der Waals surface area contributed by atoms with Crippen molar-refractivity contribution in [3.05, 3.63) is 28.7 Å². The molecule has 2 N–H and O–H groups in total. The van der Waals surface area contributed by atoms with E-state index < -0.39 is 0 Å². The van der Waals surface area contributed by atoms with Crippen molar-refractivity contribution < 1.29 is 4.79 Å². The van der Waals surface area contributed by atoms with Gasteiger partial charge in [-0.15, -0.1) is 11.8 Å². The van der Waals surface area contributed by atoms with Gasteiger partial charge in [-0.2, -0.15) is 0 Å². The van der Waals surface area contributed by atoms with Gasteiger partial charge in [-0.25, -0.2) is 0 Å². The number of carbonyl (C=O) groups excluding carboxylic acids is 1. The van der Waals surface area contributed by atoms with Gasteiger partial charge in [0, 0.05) is 34.1 Å². The average molecular weight is 329 g/mol. The van der Waals surface area contributed by atoms with Crippen LogP contribution in [0.3, 0.4) is 0 Å². The number of thioether (sulfide) groups is 1. The molecule has 1 fully saturated rings. The average Bonchev–Trinajstić information content (AvgIpc) is 2.84. The highest BCUT2D eigenvalue weighted by atomic mass is 79.9. The highest BCUT2D eigenvalue weighted by Gasteiger charge is 2.16. The molecule has 1 amide bonds. The summed E-state index contributed by atoms with van der Waals surface area (Å²) < 4.78 is 1.08. The largest absolute Gasteiger partial charge is 0.352 e. The van der Waals surface area contributed by atoms with Gasteiger partial charge < -0.3 is 10.6 Å². The zero-order valence-electron chi connectivity index (χ0n) is 10.1. The minimum atomic E-state index is 0.160. The van der Waals surface area contributed by atoms with Gasteiger partial charge in [0.15, 0.2) is 0 Å². The van der Waals surface area contributed by atoms with Crippen molar-refractivity contribution in [2.75, 3.05) is 18.8 Å². The van der Waals surface area contributed by atoms with Crippen molar-refractivity contribution in [3.63, 3.8) is 0 Å². The topological polar surface area (TPSA) is 41.1 Å². The fraction of sp³-hybridized carbons (Fsp3) is 0.462. The summed E-state index contributed by atoms with van der Waals surface area (Å²) in [7, 11) is 0. The van der Waals surface area contributed by atoms with Crippen molar-refractivity contribution in [3.8, 4) is 0 Å². The Morgan fingerprint density at radius 3 is 2.89 bits per heavy atom. The summed E-state index contributed by atoms with van der Waals surface area (Å²) in [5.41, 5.74) is 0. The lowest BCUT2D eigenvalue weighted by atomic mass is 10.2. The third kappa shape index (κ3) is 4.63. The molecule has 0 radical (unpaired) electrons. The monoisotopic (exact) mass is 328 g/mol. The highest BCUT2D eigenvalue weighted by Crippen LogP contribution is 2.21. The Labute approximate surface area is 120 Å². The first-order valence-corrected chi connectivity index (χ1v) is 7.90. The van der Waals surface area contributed by atoms with Crippen LogP contribution in [-0.2, 0) is 4.79 Å².